The van der Waals surface area contributed by atoms with E-state index in [1.54, 1.807) is 36.4 Å². The Morgan fingerprint density at radius 1 is 1.17 bits per heavy atom. The van der Waals surface area contributed by atoms with Gasteiger partial charge in [0.15, 0.2) is 5.78 Å². The summed E-state index contributed by atoms with van der Waals surface area (Å²) in [5, 5.41) is 19.5. The van der Waals surface area contributed by atoms with Crippen molar-refractivity contribution < 1.29 is 19.7 Å². The standard InChI is InChI=1S/C20H20O4/c1-12(2)3-4-14-7-10-16(22)19-17(23)11-18(24-20(14)19)13-5-8-15(21)9-6-13/h3,5-10,18,21-22H,4,11H2,1-2H3. The van der Waals surface area contributed by atoms with Crippen molar-refractivity contribution in [3.63, 3.8) is 0 Å². The van der Waals surface area contributed by atoms with E-state index in [1.165, 1.54) is 5.57 Å². The van der Waals surface area contributed by atoms with Crippen molar-refractivity contribution >= 4 is 5.78 Å². The minimum Gasteiger partial charge on any atom is -0.508 e. The lowest BCUT2D eigenvalue weighted by atomic mass is 9.93. The van der Waals surface area contributed by atoms with E-state index in [1.807, 2.05) is 13.8 Å². The highest BCUT2D eigenvalue weighted by Crippen LogP contribution is 2.42. The van der Waals surface area contributed by atoms with Gasteiger partial charge in [0.05, 0.1) is 6.42 Å². The van der Waals surface area contributed by atoms with Crippen molar-refractivity contribution in [2.24, 2.45) is 0 Å². The van der Waals surface area contributed by atoms with E-state index in [0.717, 1.165) is 11.1 Å². The fraction of sp³-hybridized carbons (Fsp3) is 0.250. The molecule has 0 aromatic heterocycles. The highest BCUT2D eigenvalue weighted by Gasteiger charge is 2.31. The fourth-order valence-electron chi connectivity index (χ4n) is 2.82. The van der Waals surface area contributed by atoms with Crippen LogP contribution in [-0.4, -0.2) is 16.0 Å². The number of ether oxygens (including phenoxy) is 1. The number of allylic oxidation sites excluding steroid dienone is 2. The first-order chi connectivity index (χ1) is 11.5. The van der Waals surface area contributed by atoms with Crippen LogP contribution in [-0.2, 0) is 6.42 Å². The molecule has 2 N–H and O–H groups in total. The second kappa shape index (κ2) is 6.40. The number of benzene rings is 2. The Morgan fingerprint density at radius 3 is 2.54 bits per heavy atom. The third-order valence-electron chi connectivity index (χ3n) is 4.12. The van der Waals surface area contributed by atoms with Gasteiger partial charge in [-0.15, -0.1) is 0 Å². The Labute approximate surface area is 141 Å². The molecule has 1 unspecified atom stereocenters. The van der Waals surface area contributed by atoms with E-state index in [9.17, 15) is 15.0 Å². The Kier molecular flexibility index (Phi) is 4.30. The molecule has 0 spiro atoms. The Hall–Kier alpha value is -2.75. The number of hydrogen-bond donors (Lipinski definition) is 2. The van der Waals surface area contributed by atoms with Gasteiger partial charge in [-0.3, -0.25) is 4.79 Å². The Bertz CT molecular complexity index is 799. The summed E-state index contributed by atoms with van der Waals surface area (Å²) in [7, 11) is 0. The zero-order valence-electron chi connectivity index (χ0n) is 13.7. The number of Topliss-reactive ketones (excluding diaryl/α,β-unsaturated/α-hetero) is 1. The van der Waals surface area contributed by atoms with Crippen molar-refractivity contribution in [3.8, 4) is 17.2 Å². The number of rotatable bonds is 3. The third kappa shape index (κ3) is 3.13. The highest BCUT2D eigenvalue weighted by molar-refractivity contribution is 6.03. The van der Waals surface area contributed by atoms with E-state index < -0.39 is 6.10 Å². The van der Waals surface area contributed by atoms with Crippen LogP contribution in [0.5, 0.6) is 17.2 Å². The summed E-state index contributed by atoms with van der Waals surface area (Å²) < 4.78 is 6.08. The molecule has 1 aliphatic rings. The second-order valence-corrected chi connectivity index (χ2v) is 6.26. The van der Waals surface area contributed by atoms with Crippen LogP contribution in [0.15, 0.2) is 48.0 Å². The molecule has 1 atom stereocenters. The SMILES string of the molecule is CC(C)=CCc1ccc(O)c2c1OC(c1ccc(O)cc1)CC2=O. The number of ketones is 1. The molecule has 0 amide bonds. The van der Waals surface area contributed by atoms with Gasteiger partial charge < -0.3 is 14.9 Å². The number of carbonyl (C=O) groups excluding carboxylic acids is 1. The smallest absolute Gasteiger partial charge is 0.174 e. The maximum absolute atomic E-state index is 12.5. The lowest BCUT2D eigenvalue weighted by molar-refractivity contribution is 0.0843. The van der Waals surface area contributed by atoms with Gasteiger partial charge in [0.1, 0.15) is 28.9 Å². The van der Waals surface area contributed by atoms with E-state index in [-0.39, 0.29) is 29.3 Å². The van der Waals surface area contributed by atoms with Gasteiger partial charge in [-0.25, -0.2) is 0 Å². The van der Waals surface area contributed by atoms with Crippen LogP contribution in [0.3, 0.4) is 0 Å². The summed E-state index contributed by atoms with van der Waals surface area (Å²) >= 11 is 0. The number of phenolic OH excluding ortho intramolecular Hbond substituents is 2. The molecule has 0 aliphatic carbocycles. The summed E-state index contributed by atoms with van der Waals surface area (Å²) in [4.78, 5) is 12.5. The molecule has 4 nitrogen and oxygen atoms in total. The third-order valence-corrected chi connectivity index (χ3v) is 4.12. The minimum atomic E-state index is -0.419. The summed E-state index contributed by atoms with van der Waals surface area (Å²) in [6, 6.07) is 9.99. The molecule has 0 saturated carbocycles. The predicted molar refractivity (Wildman–Crippen MR) is 91.7 cm³/mol. The minimum absolute atomic E-state index is 0.0416. The van der Waals surface area contributed by atoms with Crippen molar-refractivity contribution in [3.05, 3.63) is 64.7 Å². The first-order valence-corrected chi connectivity index (χ1v) is 7.92. The molecule has 0 fully saturated rings. The van der Waals surface area contributed by atoms with Crippen molar-refractivity contribution in [1.29, 1.82) is 0 Å². The van der Waals surface area contributed by atoms with E-state index in [4.69, 9.17) is 4.74 Å². The molecule has 2 aromatic rings. The topological polar surface area (TPSA) is 66.8 Å². The van der Waals surface area contributed by atoms with Crippen LogP contribution in [0.4, 0.5) is 0 Å². The molecular formula is C20H20O4. The molecule has 0 bridgehead atoms. The van der Waals surface area contributed by atoms with Crippen molar-refractivity contribution in [2.45, 2.75) is 32.8 Å². The maximum atomic E-state index is 12.5. The molecule has 0 saturated heterocycles. The highest BCUT2D eigenvalue weighted by atomic mass is 16.5. The molecule has 1 aliphatic heterocycles. The summed E-state index contributed by atoms with van der Waals surface area (Å²) in [5.41, 5.74) is 3.14. The van der Waals surface area contributed by atoms with Crippen LogP contribution < -0.4 is 4.74 Å². The lowest BCUT2D eigenvalue weighted by Gasteiger charge is -2.27. The largest absolute Gasteiger partial charge is 0.508 e. The zero-order chi connectivity index (χ0) is 17.3. The molecular weight excluding hydrogens is 304 g/mol. The first-order valence-electron chi connectivity index (χ1n) is 7.92. The molecule has 0 radical (unpaired) electrons. The normalized spacial score (nSPS) is 16.2. The monoisotopic (exact) mass is 324 g/mol. The van der Waals surface area contributed by atoms with Crippen LogP contribution in [0.2, 0.25) is 0 Å². The average Bonchev–Trinajstić information content (AvgIpc) is 2.54. The van der Waals surface area contributed by atoms with Crippen molar-refractivity contribution in [1.82, 2.24) is 0 Å². The predicted octanol–water partition coefficient (Wildman–Crippen LogP) is 4.31. The van der Waals surface area contributed by atoms with Gasteiger partial charge >= 0.3 is 0 Å². The molecule has 24 heavy (non-hydrogen) atoms. The molecule has 2 aromatic carbocycles. The average molecular weight is 324 g/mol. The first kappa shape index (κ1) is 16.1. The molecule has 4 heteroatoms. The lowest BCUT2D eigenvalue weighted by Crippen LogP contribution is -2.21. The van der Waals surface area contributed by atoms with Gasteiger partial charge in [-0.2, -0.15) is 0 Å². The summed E-state index contributed by atoms with van der Waals surface area (Å²) in [5.74, 6) is 0.455. The van der Waals surface area contributed by atoms with Gasteiger partial charge in [0, 0.05) is 0 Å². The van der Waals surface area contributed by atoms with Crippen LogP contribution in [0, 0.1) is 0 Å². The van der Waals surface area contributed by atoms with Gasteiger partial charge in [-0.05, 0) is 49.6 Å². The van der Waals surface area contributed by atoms with Gasteiger partial charge in [0.2, 0.25) is 0 Å². The Balaban J connectivity index is 2.01. The quantitative estimate of drug-likeness (QED) is 0.826. The Morgan fingerprint density at radius 2 is 1.88 bits per heavy atom. The molecule has 3 rings (SSSR count). The summed E-state index contributed by atoms with van der Waals surface area (Å²) in [6.45, 7) is 4.02. The van der Waals surface area contributed by atoms with Gasteiger partial charge in [0.25, 0.3) is 0 Å². The van der Waals surface area contributed by atoms with E-state index in [0.29, 0.717) is 12.2 Å². The zero-order valence-corrected chi connectivity index (χ0v) is 13.7. The van der Waals surface area contributed by atoms with Crippen LogP contribution >= 0.6 is 0 Å². The number of aromatic hydroxyl groups is 2. The van der Waals surface area contributed by atoms with Crippen LogP contribution in [0.1, 0.15) is 47.9 Å². The molecule has 1 heterocycles. The van der Waals surface area contributed by atoms with E-state index in [2.05, 4.69) is 6.08 Å². The number of carbonyl (C=O) groups is 1. The number of fused-ring (bicyclic) bond motifs is 1. The van der Waals surface area contributed by atoms with Crippen LogP contribution in [0.25, 0.3) is 0 Å². The van der Waals surface area contributed by atoms with Gasteiger partial charge in [-0.1, -0.05) is 29.8 Å². The molecule has 124 valence electrons. The second-order valence-electron chi connectivity index (χ2n) is 6.26. The number of phenols is 2. The maximum Gasteiger partial charge on any atom is 0.174 e. The number of hydrogen-bond acceptors (Lipinski definition) is 4. The van der Waals surface area contributed by atoms with E-state index >= 15 is 0 Å². The fourth-order valence-corrected chi connectivity index (χ4v) is 2.82. The van der Waals surface area contributed by atoms with Crippen molar-refractivity contribution in [2.75, 3.05) is 0 Å². The summed E-state index contributed by atoms with van der Waals surface area (Å²) in [6.07, 6.45) is 2.45.